The number of nitrogens with one attached hydrogen (secondary N) is 2. The van der Waals surface area contributed by atoms with E-state index in [0.29, 0.717) is 6.04 Å². The second-order valence-electron chi connectivity index (χ2n) is 4.68. The highest BCUT2D eigenvalue weighted by Gasteiger charge is 2.15. The minimum atomic E-state index is 0.647. The third-order valence-electron chi connectivity index (χ3n) is 3.30. The first-order valence-corrected chi connectivity index (χ1v) is 6.00. The number of H-pyrrole nitrogens is 1. The molecule has 0 bridgehead atoms. The summed E-state index contributed by atoms with van der Waals surface area (Å²) < 4.78 is 0. The molecule has 16 heavy (non-hydrogen) atoms. The molecule has 0 aromatic carbocycles. The van der Waals surface area contributed by atoms with Gasteiger partial charge in [-0.1, -0.05) is 0 Å². The normalized spacial score (nSPS) is 20.7. The summed E-state index contributed by atoms with van der Waals surface area (Å²) in [5.41, 5.74) is 3.39. The van der Waals surface area contributed by atoms with E-state index in [1.165, 1.54) is 30.5 Å². The summed E-state index contributed by atoms with van der Waals surface area (Å²) in [6.45, 7) is 3.20. The molecule has 2 N–H and O–H groups in total. The van der Waals surface area contributed by atoms with Gasteiger partial charge in [-0.3, -0.25) is 0 Å². The molecule has 1 saturated heterocycles. The molecular formula is C13H17N3. The lowest BCUT2D eigenvalue weighted by atomic mass is 10.1. The summed E-state index contributed by atoms with van der Waals surface area (Å²) in [5, 5.41) is 4.74. The Morgan fingerprint density at radius 2 is 2.38 bits per heavy atom. The standard InChI is InChI=1S/C13H17N3/c1-9-4-5-10-7-12(16-13(10)15-9)8-11-3-2-6-14-11/h4-5,7,11,14H,2-3,6,8H2,1H3,(H,15,16)/t11-/m1/s1. The molecule has 1 aliphatic rings. The topological polar surface area (TPSA) is 40.7 Å². The van der Waals surface area contributed by atoms with E-state index in [2.05, 4.69) is 33.5 Å². The van der Waals surface area contributed by atoms with Crippen LogP contribution < -0.4 is 5.32 Å². The second kappa shape index (κ2) is 3.91. The number of aromatic amines is 1. The number of rotatable bonds is 2. The molecule has 84 valence electrons. The van der Waals surface area contributed by atoms with Gasteiger partial charge >= 0.3 is 0 Å². The van der Waals surface area contributed by atoms with Gasteiger partial charge in [0.2, 0.25) is 0 Å². The Balaban J connectivity index is 1.86. The van der Waals surface area contributed by atoms with Gasteiger partial charge in [0.25, 0.3) is 0 Å². The van der Waals surface area contributed by atoms with Crippen molar-refractivity contribution in [1.29, 1.82) is 0 Å². The summed E-state index contributed by atoms with van der Waals surface area (Å²) in [4.78, 5) is 7.91. The van der Waals surface area contributed by atoms with Crippen molar-refractivity contribution >= 4 is 11.0 Å². The first-order chi connectivity index (χ1) is 7.81. The lowest BCUT2D eigenvalue weighted by Crippen LogP contribution is -2.23. The van der Waals surface area contributed by atoms with Crippen LogP contribution in [0.1, 0.15) is 24.2 Å². The van der Waals surface area contributed by atoms with Crippen molar-refractivity contribution < 1.29 is 0 Å². The first-order valence-electron chi connectivity index (χ1n) is 6.00. The van der Waals surface area contributed by atoms with E-state index < -0.39 is 0 Å². The maximum Gasteiger partial charge on any atom is 0.137 e. The fourth-order valence-electron chi connectivity index (χ4n) is 2.47. The highest BCUT2D eigenvalue weighted by Crippen LogP contribution is 2.17. The van der Waals surface area contributed by atoms with Crippen LogP contribution in [0.15, 0.2) is 18.2 Å². The van der Waals surface area contributed by atoms with E-state index in [9.17, 15) is 0 Å². The molecule has 0 spiro atoms. The highest BCUT2D eigenvalue weighted by molar-refractivity contribution is 5.76. The number of fused-ring (bicyclic) bond motifs is 1. The van der Waals surface area contributed by atoms with Gasteiger partial charge in [0, 0.05) is 29.2 Å². The molecule has 0 unspecified atom stereocenters. The van der Waals surface area contributed by atoms with Crippen molar-refractivity contribution in [2.24, 2.45) is 0 Å². The molecular weight excluding hydrogens is 198 g/mol. The summed E-state index contributed by atoms with van der Waals surface area (Å²) >= 11 is 0. The zero-order valence-electron chi connectivity index (χ0n) is 9.59. The van der Waals surface area contributed by atoms with Crippen LogP contribution in [0.25, 0.3) is 11.0 Å². The first kappa shape index (κ1) is 9.85. The van der Waals surface area contributed by atoms with Gasteiger partial charge in [0.05, 0.1) is 0 Å². The monoisotopic (exact) mass is 215 g/mol. The van der Waals surface area contributed by atoms with Crippen LogP contribution >= 0.6 is 0 Å². The minimum absolute atomic E-state index is 0.647. The number of aromatic nitrogens is 2. The molecule has 3 heteroatoms. The zero-order chi connectivity index (χ0) is 11.0. The van der Waals surface area contributed by atoms with Gasteiger partial charge in [0.15, 0.2) is 0 Å². The fraction of sp³-hybridized carbons (Fsp3) is 0.462. The van der Waals surface area contributed by atoms with Crippen molar-refractivity contribution in [1.82, 2.24) is 15.3 Å². The second-order valence-corrected chi connectivity index (χ2v) is 4.68. The van der Waals surface area contributed by atoms with E-state index in [4.69, 9.17) is 0 Å². The molecule has 0 saturated carbocycles. The van der Waals surface area contributed by atoms with Crippen LogP contribution in [0.3, 0.4) is 0 Å². The van der Waals surface area contributed by atoms with Gasteiger partial charge in [0.1, 0.15) is 5.65 Å². The molecule has 2 aromatic heterocycles. The van der Waals surface area contributed by atoms with E-state index in [1.54, 1.807) is 0 Å². The fourth-order valence-corrected chi connectivity index (χ4v) is 2.47. The van der Waals surface area contributed by atoms with Gasteiger partial charge in [-0.2, -0.15) is 0 Å². The molecule has 2 aromatic rings. The van der Waals surface area contributed by atoms with Crippen molar-refractivity contribution in [2.45, 2.75) is 32.2 Å². The van der Waals surface area contributed by atoms with Gasteiger partial charge in [-0.15, -0.1) is 0 Å². The predicted octanol–water partition coefficient (Wildman–Crippen LogP) is 2.17. The van der Waals surface area contributed by atoms with E-state index >= 15 is 0 Å². The Kier molecular flexibility index (Phi) is 2.40. The van der Waals surface area contributed by atoms with Crippen molar-refractivity contribution in [3.63, 3.8) is 0 Å². The molecule has 0 radical (unpaired) electrons. The largest absolute Gasteiger partial charge is 0.343 e. The lowest BCUT2D eigenvalue weighted by molar-refractivity contribution is 0.597. The molecule has 0 aliphatic carbocycles. The Labute approximate surface area is 95.3 Å². The van der Waals surface area contributed by atoms with Crippen LogP contribution in [0, 0.1) is 6.92 Å². The SMILES string of the molecule is Cc1ccc2cc(C[C@H]3CCCN3)[nH]c2n1. The Morgan fingerprint density at radius 3 is 3.19 bits per heavy atom. The van der Waals surface area contributed by atoms with E-state index in [1.807, 2.05) is 6.92 Å². The van der Waals surface area contributed by atoms with Crippen molar-refractivity contribution in [3.8, 4) is 0 Å². The number of pyridine rings is 1. The number of aryl methyl sites for hydroxylation is 1. The van der Waals surface area contributed by atoms with Gasteiger partial charge in [-0.25, -0.2) is 4.98 Å². The van der Waals surface area contributed by atoms with E-state index in [-0.39, 0.29) is 0 Å². The average Bonchev–Trinajstić information content (AvgIpc) is 2.86. The summed E-state index contributed by atoms with van der Waals surface area (Å²) in [6.07, 6.45) is 3.69. The Morgan fingerprint density at radius 1 is 1.44 bits per heavy atom. The number of hydrogen-bond donors (Lipinski definition) is 2. The Bertz CT molecular complexity index is 495. The smallest absolute Gasteiger partial charge is 0.137 e. The van der Waals surface area contributed by atoms with Crippen LogP contribution in [0.4, 0.5) is 0 Å². The summed E-state index contributed by atoms with van der Waals surface area (Å²) in [5.74, 6) is 0. The molecule has 0 amide bonds. The molecule has 1 atom stereocenters. The van der Waals surface area contributed by atoms with Crippen LogP contribution in [-0.2, 0) is 6.42 Å². The molecule has 3 rings (SSSR count). The van der Waals surface area contributed by atoms with E-state index in [0.717, 1.165) is 17.8 Å². The molecule has 1 aliphatic heterocycles. The average molecular weight is 215 g/mol. The number of nitrogens with zero attached hydrogens (tertiary/aromatic N) is 1. The zero-order valence-corrected chi connectivity index (χ0v) is 9.59. The molecule has 3 nitrogen and oxygen atoms in total. The lowest BCUT2D eigenvalue weighted by Gasteiger charge is -2.07. The number of hydrogen-bond acceptors (Lipinski definition) is 2. The minimum Gasteiger partial charge on any atom is -0.343 e. The molecule has 3 heterocycles. The highest BCUT2D eigenvalue weighted by atomic mass is 14.9. The maximum absolute atomic E-state index is 4.49. The van der Waals surface area contributed by atoms with Crippen molar-refractivity contribution in [2.75, 3.05) is 6.54 Å². The quantitative estimate of drug-likeness (QED) is 0.806. The molecule has 1 fully saturated rings. The summed E-state index contributed by atoms with van der Waals surface area (Å²) in [6, 6.07) is 7.07. The predicted molar refractivity (Wildman–Crippen MR) is 65.6 cm³/mol. The Hall–Kier alpha value is -1.35. The van der Waals surface area contributed by atoms with Crippen LogP contribution in [0.5, 0.6) is 0 Å². The third-order valence-corrected chi connectivity index (χ3v) is 3.30. The van der Waals surface area contributed by atoms with Crippen molar-refractivity contribution in [3.05, 3.63) is 29.6 Å². The van der Waals surface area contributed by atoms with Crippen LogP contribution in [-0.4, -0.2) is 22.6 Å². The summed E-state index contributed by atoms with van der Waals surface area (Å²) in [7, 11) is 0. The van der Waals surface area contributed by atoms with Gasteiger partial charge in [-0.05, 0) is 44.5 Å². The third kappa shape index (κ3) is 1.83. The maximum atomic E-state index is 4.49. The van der Waals surface area contributed by atoms with Crippen LogP contribution in [0.2, 0.25) is 0 Å². The van der Waals surface area contributed by atoms with Gasteiger partial charge < -0.3 is 10.3 Å².